The molecule has 0 saturated carbocycles. The van der Waals surface area contributed by atoms with E-state index in [1.165, 1.54) is 154 Å². The Kier molecular flexibility index (Phi) is 30.1. The summed E-state index contributed by atoms with van der Waals surface area (Å²) < 4.78 is 33.4. The van der Waals surface area contributed by atoms with Crippen molar-refractivity contribution in [2.45, 2.75) is 212 Å². The third-order valence-electron chi connectivity index (χ3n) is 9.21. The van der Waals surface area contributed by atoms with Crippen LogP contribution < -0.4 is 0 Å². The Bertz CT molecular complexity index is 509. The smallest absolute Gasteiger partial charge is 0.375 e. The van der Waals surface area contributed by atoms with Crippen LogP contribution in [0.4, 0.5) is 4.39 Å². The van der Waals surface area contributed by atoms with Crippen molar-refractivity contribution in [3.05, 3.63) is 0 Å². The second kappa shape index (κ2) is 30.1. The summed E-state index contributed by atoms with van der Waals surface area (Å²) in [5.41, 5.74) is 0. The highest BCUT2D eigenvalue weighted by Gasteiger charge is 2.60. The Hall–Kier alpha value is 0.0269. The number of hydrogen-bond donors (Lipinski definition) is 0. The maximum absolute atomic E-state index is 16.4. The summed E-state index contributed by atoms with van der Waals surface area (Å²) in [7, 11) is 1.33. The minimum atomic E-state index is -3.34. The molecule has 0 radical (unpaired) electrons. The van der Waals surface area contributed by atoms with Crippen molar-refractivity contribution in [2.75, 3.05) is 21.3 Å². The Labute approximate surface area is 259 Å². The van der Waals surface area contributed by atoms with E-state index in [1.54, 1.807) is 21.3 Å². The second-order valence-electron chi connectivity index (χ2n) is 12.8. The van der Waals surface area contributed by atoms with Crippen LogP contribution in [0.3, 0.4) is 0 Å². The Morgan fingerprint density at radius 3 is 0.756 bits per heavy atom. The van der Waals surface area contributed by atoms with Crippen LogP contribution in [0, 0.1) is 0 Å². The molecule has 0 aliphatic rings. The first-order valence-electron chi connectivity index (χ1n) is 18.4. The molecule has 0 heterocycles. The lowest BCUT2D eigenvalue weighted by atomic mass is 10.0. The van der Waals surface area contributed by atoms with E-state index in [-0.39, 0.29) is 0 Å². The van der Waals surface area contributed by atoms with E-state index in [2.05, 4.69) is 13.8 Å². The predicted octanol–water partition coefficient (Wildman–Crippen LogP) is 12.9. The lowest BCUT2D eigenvalue weighted by molar-refractivity contribution is 0.0339. The molecule has 0 fully saturated rings. The standard InChI is InChI=1S/C36H75FO3Si/c1-6-8-10-12-14-16-17-18-19-20-21-22-23-24-25-27-29-31-33-35-36(37,41(38-3,39-4)40-5)34-32-30-28-26-15-13-11-9-7-2/h6-35H2,1-5H3. The predicted molar refractivity (Wildman–Crippen MR) is 180 cm³/mol. The highest BCUT2D eigenvalue weighted by molar-refractivity contribution is 6.63. The van der Waals surface area contributed by atoms with Crippen LogP contribution >= 0.6 is 0 Å². The molecule has 0 aromatic rings. The van der Waals surface area contributed by atoms with Crippen LogP contribution in [0.25, 0.3) is 0 Å². The van der Waals surface area contributed by atoms with Gasteiger partial charge in [0.2, 0.25) is 0 Å². The van der Waals surface area contributed by atoms with E-state index >= 15 is 4.39 Å². The molecule has 5 heteroatoms. The van der Waals surface area contributed by atoms with Crippen molar-refractivity contribution < 1.29 is 17.7 Å². The topological polar surface area (TPSA) is 27.7 Å². The maximum atomic E-state index is 16.4. The maximum Gasteiger partial charge on any atom is 0.539 e. The fourth-order valence-corrected chi connectivity index (χ4v) is 8.99. The van der Waals surface area contributed by atoms with E-state index in [9.17, 15) is 0 Å². The molecular formula is C36H75FO3Si. The molecule has 0 spiro atoms. The van der Waals surface area contributed by atoms with Crippen molar-refractivity contribution in [1.82, 2.24) is 0 Å². The summed E-state index contributed by atoms with van der Waals surface area (Å²) in [4.78, 5) is 0. The second-order valence-corrected chi connectivity index (χ2v) is 16.1. The van der Waals surface area contributed by atoms with Crippen LogP contribution in [0.15, 0.2) is 0 Å². The van der Waals surface area contributed by atoms with Gasteiger partial charge in [0, 0.05) is 21.3 Å². The first-order valence-corrected chi connectivity index (χ1v) is 20.1. The quantitative estimate of drug-likeness (QED) is 0.0541. The molecule has 1 unspecified atom stereocenters. The summed E-state index contributed by atoms with van der Waals surface area (Å²) in [5, 5.41) is -1.49. The van der Waals surface area contributed by atoms with Gasteiger partial charge in [-0.15, -0.1) is 0 Å². The van der Waals surface area contributed by atoms with Crippen LogP contribution in [0.5, 0.6) is 0 Å². The molecule has 248 valence electrons. The van der Waals surface area contributed by atoms with Crippen molar-refractivity contribution >= 4 is 8.80 Å². The molecule has 0 saturated heterocycles. The number of halogens is 1. The molecular weight excluding hydrogens is 527 g/mol. The van der Waals surface area contributed by atoms with E-state index < -0.39 is 14.1 Å². The van der Waals surface area contributed by atoms with Gasteiger partial charge >= 0.3 is 8.80 Å². The van der Waals surface area contributed by atoms with Gasteiger partial charge in [-0.25, -0.2) is 4.39 Å². The SMILES string of the molecule is CCCCCCCCCCCCCCCCCCCCCC(F)(CCCCCCCCCCC)[Si](OC)(OC)OC. The monoisotopic (exact) mass is 603 g/mol. The third-order valence-corrected chi connectivity index (χ3v) is 12.4. The third kappa shape index (κ3) is 21.4. The summed E-state index contributed by atoms with van der Waals surface area (Å²) in [6, 6.07) is 0. The normalized spacial score (nSPS) is 13.6. The summed E-state index contributed by atoms with van der Waals surface area (Å²) in [5.74, 6) is 0. The molecule has 0 amide bonds. The van der Waals surface area contributed by atoms with E-state index in [0.29, 0.717) is 12.8 Å². The van der Waals surface area contributed by atoms with E-state index in [4.69, 9.17) is 13.3 Å². The lowest BCUT2D eigenvalue weighted by Gasteiger charge is -2.38. The van der Waals surface area contributed by atoms with Gasteiger partial charge in [-0.3, -0.25) is 0 Å². The van der Waals surface area contributed by atoms with Crippen molar-refractivity contribution in [2.24, 2.45) is 0 Å². The average molecular weight is 603 g/mol. The number of hydrogen-bond acceptors (Lipinski definition) is 3. The summed E-state index contributed by atoms with van der Waals surface area (Å²) in [6.07, 6.45) is 37.7. The van der Waals surface area contributed by atoms with Gasteiger partial charge in [-0.1, -0.05) is 194 Å². The van der Waals surface area contributed by atoms with Gasteiger partial charge in [0.15, 0.2) is 5.29 Å². The average Bonchev–Trinajstić information content (AvgIpc) is 2.98. The van der Waals surface area contributed by atoms with Gasteiger partial charge in [0.1, 0.15) is 0 Å². The highest BCUT2D eigenvalue weighted by atomic mass is 28.4. The minimum Gasteiger partial charge on any atom is -0.375 e. The van der Waals surface area contributed by atoms with Gasteiger partial charge in [-0.05, 0) is 12.8 Å². The molecule has 41 heavy (non-hydrogen) atoms. The number of alkyl halides is 1. The van der Waals surface area contributed by atoms with Gasteiger partial charge in [-0.2, -0.15) is 0 Å². The zero-order chi connectivity index (χ0) is 30.3. The lowest BCUT2D eigenvalue weighted by Crippen LogP contribution is -2.61. The molecule has 0 aromatic carbocycles. The van der Waals surface area contributed by atoms with Crippen LogP contribution in [-0.4, -0.2) is 35.4 Å². The van der Waals surface area contributed by atoms with E-state index in [0.717, 1.165) is 25.7 Å². The molecule has 0 rings (SSSR count). The number of rotatable bonds is 34. The first-order chi connectivity index (χ1) is 20.1. The zero-order valence-corrected chi connectivity index (χ0v) is 29.8. The Morgan fingerprint density at radius 2 is 0.561 bits per heavy atom. The Morgan fingerprint density at radius 1 is 0.366 bits per heavy atom. The van der Waals surface area contributed by atoms with Crippen molar-refractivity contribution in [1.29, 1.82) is 0 Å². The molecule has 0 N–H and O–H groups in total. The van der Waals surface area contributed by atoms with Crippen LogP contribution in [-0.2, 0) is 13.3 Å². The molecule has 0 bridgehead atoms. The summed E-state index contributed by atoms with van der Waals surface area (Å²) >= 11 is 0. The molecule has 0 aromatic heterocycles. The summed E-state index contributed by atoms with van der Waals surface area (Å²) in [6.45, 7) is 4.55. The van der Waals surface area contributed by atoms with E-state index in [1.807, 2.05) is 0 Å². The van der Waals surface area contributed by atoms with Crippen LogP contribution in [0.2, 0.25) is 0 Å². The Balaban J connectivity index is 3.93. The van der Waals surface area contributed by atoms with Crippen molar-refractivity contribution in [3.8, 4) is 0 Å². The fraction of sp³-hybridized carbons (Fsp3) is 1.00. The first kappa shape index (κ1) is 41.0. The van der Waals surface area contributed by atoms with Gasteiger partial charge in [0.05, 0.1) is 0 Å². The number of unbranched alkanes of at least 4 members (excludes halogenated alkanes) is 26. The highest BCUT2D eigenvalue weighted by Crippen LogP contribution is 2.37. The molecule has 0 aliphatic carbocycles. The van der Waals surface area contributed by atoms with Gasteiger partial charge < -0.3 is 13.3 Å². The largest absolute Gasteiger partial charge is 0.539 e. The fourth-order valence-electron chi connectivity index (χ4n) is 6.43. The molecule has 1 atom stereocenters. The van der Waals surface area contributed by atoms with Crippen LogP contribution in [0.1, 0.15) is 206 Å². The van der Waals surface area contributed by atoms with Gasteiger partial charge in [0.25, 0.3) is 0 Å². The molecule has 0 aliphatic heterocycles. The molecule has 3 nitrogen and oxygen atoms in total. The zero-order valence-electron chi connectivity index (χ0n) is 28.8. The minimum absolute atomic E-state index is 0.490. The van der Waals surface area contributed by atoms with Crippen molar-refractivity contribution in [3.63, 3.8) is 0 Å².